The SMILES string of the molecule is COc1ccc(/C=N/NC(=O)c2ccccc2NS(=O)(=O)c2cccs2)c(OC)c1OC. The lowest BCUT2D eigenvalue weighted by molar-refractivity contribution is 0.0956. The predicted octanol–water partition coefficient (Wildman–Crippen LogP) is 3.34. The van der Waals surface area contributed by atoms with E-state index in [1.807, 2.05) is 0 Å². The zero-order chi connectivity index (χ0) is 23.1. The fourth-order valence-electron chi connectivity index (χ4n) is 2.83. The number of nitrogens with one attached hydrogen (secondary N) is 2. The first kappa shape index (κ1) is 23.1. The number of rotatable bonds is 9. The molecule has 0 aliphatic carbocycles. The Kier molecular flexibility index (Phi) is 7.33. The van der Waals surface area contributed by atoms with Gasteiger partial charge in [0.25, 0.3) is 15.9 Å². The molecule has 2 aromatic carbocycles. The first-order valence-corrected chi connectivity index (χ1v) is 11.5. The van der Waals surface area contributed by atoms with Gasteiger partial charge in [-0.05, 0) is 35.7 Å². The van der Waals surface area contributed by atoms with E-state index in [-0.39, 0.29) is 15.5 Å². The molecule has 32 heavy (non-hydrogen) atoms. The number of nitrogens with zero attached hydrogens (tertiary/aromatic N) is 1. The molecule has 0 aliphatic heterocycles. The van der Waals surface area contributed by atoms with Crippen molar-refractivity contribution in [2.24, 2.45) is 5.10 Å². The van der Waals surface area contributed by atoms with Gasteiger partial charge in [0.15, 0.2) is 11.5 Å². The van der Waals surface area contributed by atoms with Crippen LogP contribution in [-0.2, 0) is 10.0 Å². The second-order valence-electron chi connectivity index (χ2n) is 6.21. The molecular formula is C21H21N3O6S2. The number of carbonyl (C=O) groups excluding carboxylic acids is 1. The first-order chi connectivity index (χ1) is 15.4. The van der Waals surface area contributed by atoms with E-state index < -0.39 is 15.9 Å². The van der Waals surface area contributed by atoms with Crippen molar-refractivity contribution in [2.45, 2.75) is 4.21 Å². The summed E-state index contributed by atoms with van der Waals surface area (Å²) >= 11 is 1.08. The molecule has 3 aromatic rings. The number of para-hydroxylation sites is 1. The Bertz CT molecular complexity index is 1220. The average molecular weight is 476 g/mol. The minimum Gasteiger partial charge on any atom is -0.493 e. The minimum atomic E-state index is -3.81. The quantitative estimate of drug-likeness (QED) is 0.362. The lowest BCUT2D eigenvalue weighted by Gasteiger charge is -2.13. The van der Waals surface area contributed by atoms with Crippen LogP contribution in [0.5, 0.6) is 17.2 Å². The first-order valence-electron chi connectivity index (χ1n) is 9.19. The molecule has 3 rings (SSSR count). The van der Waals surface area contributed by atoms with Crippen molar-refractivity contribution < 1.29 is 27.4 Å². The van der Waals surface area contributed by atoms with Gasteiger partial charge in [-0.1, -0.05) is 18.2 Å². The molecule has 0 atom stereocenters. The molecule has 0 saturated heterocycles. The molecular weight excluding hydrogens is 454 g/mol. The van der Waals surface area contributed by atoms with E-state index in [0.29, 0.717) is 22.8 Å². The highest BCUT2D eigenvalue weighted by atomic mass is 32.2. The van der Waals surface area contributed by atoms with Crippen LogP contribution in [-0.4, -0.2) is 41.9 Å². The van der Waals surface area contributed by atoms with E-state index in [1.165, 1.54) is 45.7 Å². The molecule has 1 aromatic heterocycles. The number of carbonyl (C=O) groups is 1. The van der Waals surface area contributed by atoms with Gasteiger partial charge in [0, 0.05) is 5.56 Å². The van der Waals surface area contributed by atoms with E-state index in [2.05, 4.69) is 15.2 Å². The summed E-state index contributed by atoms with van der Waals surface area (Å²) in [7, 11) is 0.663. The van der Waals surface area contributed by atoms with Gasteiger partial charge in [0.05, 0.1) is 38.8 Å². The number of thiophene rings is 1. The van der Waals surface area contributed by atoms with E-state index in [1.54, 1.807) is 35.7 Å². The number of benzene rings is 2. The Labute approximate surface area is 189 Å². The second-order valence-corrected chi connectivity index (χ2v) is 9.06. The third-order valence-corrected chi connectivity index (χ3v) is 7.04. The Morgan fingerprint density at radius 1 is 0.969 bits per heavy atom. The number of hydrogen-bond acceptors (Lipinski definition) is 8. The maximum atomic E-state index is 12.7. The Hall–Kier alpha value is -3.57. The van der Waals surface area contributed by atoms with E-state index >= 15 is 0 Å². The number of anilines is 1. The zero-order valence-corrected chi connectivity index (χ0v) is 19.1. The number of methoxy groups -OCH3 is 3. The maximum absolute atomic E-state index is 12.7. The molecule has 2 N–H and O–H groups in total. The smallest absolute Gasteiger partial charge is 0.273 e. The van der Waals surface area contributed by atoms with Crippen molar-refractivity contribution in [1.29, 1.82) is 0 Å². The van der Waals surface area contributed by atoms with Crippen molar-refractivity contribution in [3.63, 3.8) is 0 Å². The molecule has 0 radical (unpaired) electrons. The van der Waals surface area contributed by atoms with Gasteiger partial charge in [-0.25, -0.2) is 13.8 Å². The van der Waals surface area contributed by atoms with Crippen molar-refractivity contribution >= 4 is 39.2 Å². The summed E-state index contributed by atoms with van der Waals surface area (Å²) in [6.07, 6.45) is 1.39. The van der Waals surface area contributed by atoms with Crippen LogP contribution in [0.25, 0.3) is 0 Å². The molecule has 0 unspecified atom stereocenters. The molecule has 0 saturated carbocycles. The third-order valence-electron chi connectivity index (χ3n) is 4.28. The Morgan fingerprint density at radius 3 is 2.38 bits per heavy atom. The fourth-order valence-corrected chi connectivity index (χ4v) is 4.90. The van der Waals surface area contributed by atoms with Gasteiger partial charge in [0.2, 0.25) is 5.75 Å². The van der Waals surface area contributed by atoms with Crippen molar-refractivity contribution in [2.75, 3.05) is 26.1 Å². The normalized spacial score (nSPS) is 11.2. The molecule has 0 spiro atoms. The van der Waals surface area contributed by atoms with Crippen LogP contribution in [0.1, 0.15) is 15.9 Å². The second kappa shape index (κ2) is 10.2. The Balaban J connectivity index is 1.80. The molecule has 0 bridgehead atoms. The number of amides is 1. The largest absolute Gasteiger partial charge is 0.493 e. The highest BCUT2D eigenvalue weighted by Crippen LogP contribution is 2.39. The van der Waals surface area contributed by atoms with Gasteiger partial charge in [-0.2, -0.15) is 5.10 Å². The van der Waals surface area contributed by atoms with E-state index in [0.717, 1.165) is 11.3 Å². The summed E-state index contributed by atoms with van der Waals surface area (Å²) < 4.78 is 43.6. The van der Waals surface area contributed by atoms with Crippen LogP contribution in [0.4, 0.5) is 5.69 Å². The maximum Gasteiger partial charge on any atom is 0.273 e. The summed E-state index contributed by atoms with van der Waals surface area (Å²) in [6, 6.07) is 12.7. The van der Waals surface area contributed by atoms with Gasteiger partial charge in [-0.3, -0.25) is 9.52 Å². The molecule has 1 heterocycles. The van der Waals surface area contributed by atoms with Gasteiger partial charge in [0.1, 0.15) is 4.21 Å². The predicted molar refractivity (Wildman–Crippen MR) is 123 cm³/mol. The highest BCUT2D eigenvalue weighted by Gasteiger charge is 2.19. The third kappa shape index (κ3) is 5.01. The lowest BCUT2D eigenvalue weighted by Crippen LogP contribution is -2.21. The average Bonchev–Trinajstić information content (AvgIpc) is 3.34. The molecule has 9 nitrogen and oxygen atoms in total. The Morgan fingerprint density at radius 2 is 1.72 bits per heavy atom. The van der Waals surface area contributed by atoms with Crippen LogP contribution in [0.2, 0.25) is 0 Å². The molecule has 168 valence electrons. The monoisotopic (exact) mass is 475 g/mol. The summed E-state index contributed by atoms with van der Waals surface area (Å²) in [5.74, 6) is 0.662. The van der Waals surface area contributed by atoms with Crippen molar-refractivity contribution in [1.82, 2.24) is 5.43 Å². The van der Waals surface area contributed by atoms with Crippen LogP contribution in [0.15, 0.2) is 63.2 Å². The molecule has 0 aliphatic rings. The zero-order valence-electron chi connectivity index (χ0n) is 17.5. The molecule has 11 heteroatoms. The topological polar surface area (TPSA) is 115 Å². The van der Waals surface area contributed by atoms with Crippen molar-refractivity contribution in [3.05, 3.63) is 65.0 Å². The summed E-state index contributed by atoms with van der Waals surface area (Å²) in [6.45, 7) is 0. The minimum absolute atomic E-state index is 0.115. The lowest BCUT2D eigenvalue weighted by atomic mass is 10.2. The van der Waals surface area contributed by atoms with Crippen LogP contribution >= 0.6 is 11.3 Å². The number of sulfonamides is 1. The van der Waals surface area contributed by atoms with Crippen LogP contribution in [0, 0.1) is 0 Å². The number of hydrazone groups is 1. The van der Waals surface area contributed by atoms with Crippen molar-refractivity contribution in [3.8, 4) is 17.2 Å². The molecule has 1 amide bonds. The van der Waals surface area contributed by atoms with E-state index in [9.17, 15) is 13.2 Å². The fraction of sp³-hybridized carbons (Fsp3) is 0.143. The van der Waals surface area contributed by atoms with Gasteiger partial charge < -0.3 is 14.2 Å². The standard InChI is InChI=1S/C21H21N3O6S2/c1-28-17-11-10-14(19(29-2)20(17)30-3)13-22-23-21(25)15-7-4-5-8-16(15)24-32(26,27)18-9-6-12-31-18/h4-13,24H,1-3H3,(H,23,25)/b22-13+. The van der Waals surface area contributed by atoms with Crippen LogP contribution in [0.3, 0.4) is 0 Å². The van der Waals surface area contributed by atoms with Gasteiger partial charge in [-0.15, -0.1) is 11.3 Å². The van der Waals surface area contributed by atoms with Crippen LogP contribution < -0.4 is 24.4 Å². The highest BCUT2D eigenvalue weighted by molar-refractivity contribution is 7.94. The van der Waals surface area contributed by atoms with Gasteiger partial charge >= 0.3 is 0 Å². The molecule has 0 fully saturated rings. The number of hydrogen-bond donors (Lipinski definition) is 2. The summed E-state index contributed by atoms with van der Waals surface area (Å²) in [4.78, 5) is 12.7. The van der Waals surface area contributed by atoms with E-state index in [4.69, 9.17) is 14.2 Å². The summed E-state index contributed by atoms with van der Waals surface area (Å²) in [5.41, 5.74) is 3.19. The number of ether oxygens (including phenoxy) is 3. The summed E-state index contributed by atoms with van der Waals surface area (Å²) in [5, 5.41) is 5.63.